The lowest BCUT2D eigenvalue weighted by atomic mass is 10.3. The third kappa shape index (κ3) is 1.11. The van der Waals surface area contributed by atoms with Crippen LogP contribution in [0.2, 0.25) is 0 Å². The second kappa shape index (κ2) is 2.79. The molecule has 0 radical (unpaired) electrons. The molecule has 2 aromatic rings. The van der Waals surface area contributed by atoms with E-state index in [2.05, 4.69) is 4.98 Å². The van der Waals surface area contributed by atoms with Gasteiger partial charge in [-0.3, -0.25) is 0 Å². The summed E-state index contributed by atoms with van der Waals surface area (Å²) in [6, 6.07) is 5.42. The maximum atomic E-state index is 8.72. The van der Waals surface area contributed by atoms with Gasteiger partial charge < -0.3 is 4.74 Å². The van der Waals surface area contributed by atoms with Gasteiger partial charge in [0, 0.05) is 6.07 Å². The Morgan fingerprint density at radius 3 is 3.08 bits per heavy atom. The van der Waals surface area contributed by atoms with Gasteiger partial charge in [-0.1, -0.05) is 0 Å². The largest absolute Gasteiger partial charge is 0.497 e. The SMILES string of the molecule is COc1ccc2ncn(C#N)c2c1. The van der Waals surface area contributed by atoms with Gasteiger partial charge in [0.2, 0.25) is 0 Å². The van der Waals surface area contributed by atoms with Crippen LogP contribution in [0.3, 0.4) is 0 Å². The van der Waals surface area contributed by atoms with Crippen LogP contribution >= 0.6 is 0 Å². The van der Waals surface area contributed by atoms with Gasteiger partial charge in [0.25, 0.3) is 0 Å². The zero-order valence-electron chi connectivity index (χ0n) is 7.06. The quantitative estimate of drug-likeness (QED) is 0.654. The van der Waals surface area contributed by atoms with Crippen molar-refractivity contribution in [3.05, 3.63) is 24.5 Å². The maximum absolute atomic E-state index is 8.72. The normalized spacial score (nSPS) is 9.85. The molecule has 0 bridgehead atoms. The van der Waals surface area contributed by atoms with Crippen molar-refractivity contribution in [3.8, 4) is 11.9 Å². The van der Waals surface area contributed by atoms with E-state index in [1.54, 1.807) is 13.2 Å². The number of aromatic nitrogens is 2. The van der Waals surface area contributed by atoms with Crippen LogP contribution in [0.25, 0.3) is 11.0 Å². The molecule has 1 aromatic heterocycles. The minimum atomic E-state index is 0.726. The smallest absolute Gasteiger partial charge is 0.190 e. The Hall–Kier alpha value is -2.02. The van der Waals surface area contributed by atoms with Crippen LogP contribution in [0.15, 0.2) is 24.5 Å². The molecule has 0 N–H and O–H groups in total. The average molecular weight is 173 g/mol. The number of fused-ring (bicyclic) bond motifs is 1. The van der Waals surface area contributed by atoms with E-state index < -0.39 is 0 Å². The number of benzene rings is 1. The van der Waals surface area contributed by atoms with Crippen molar-refractivity contribution in [1.82, 2.24) is 9.55 Å². The van der Waals surface area contributed by atoms with Crippen molar-refractivity contribution in [3.63, 3.8) is 0 Å². The number of methoxy groups -OCH3 is 1. The predicted octanol–water partition coefficient (Wildman–Crippen LogP) is 1.37. The van der Waals surface area contributed by atoms with E-state index >= 15 is 0 Å². The van der Waals surface area contributed by atoms with Crippen molar-refractivity contribution in [2.24, 2.45) is 0 Å². The highest BCUT2D eigenvalue weighted by Gasteiger charge is 2.02. The molecule has 64 valence electrons. The summed E-state index contributed by atoms with van der Waals surface area (Å²) in [5, 5.41) is 8.72. The first-order valence-electron chi connectivity index (χ1n) is 3.76. The summed E-state index contributed by atoms with van der Waals surface area (Å²) in [6.45, 7) is 0. The number of hydrogen-bond acceptors (Lipinski definition) is 3. The zero-order chi connectivity index (χ0) is 9.26. The summed E-state index contributed by atoms with van der Waals surface area (Å²) in [5.74, 6) is 0.726. The summed E-state index contributed by atoms with van der Waals surface area (Å²) in [6.07, 6.45) is 3.49. The Bertz CT molecular complexity index is 481. The summed E-state index contributed by atoms with van der Waals surface area (Å²) in [7, 11) is 1.59. The van der Waals surface area contributed by atoms with Gasteiger partial charge >= 0.3 is 0 Å². The van der Waals surface area contributed by atoms with Crippen molar-refractivity contribution in [2.75, 3.05) is 7.11 Å². The Morgan fingerprint density at radius 1 is 1.54 bits per heavy atom. The van der Waals surface area contributed by atoms with Crippen molar-refractivity contribution >= 4 is 11.0 Å². The lowest BCUT2D eigenvalue weighted by Crippen LogP contribution is -1.86. The highest BCUT2D eigenvalue weighted by molar-refractivity contribution is 5.77. The van der Waals surface area contributed by atoms with E-state index in [0.717, 1.165) is 16.8 Å². The zero-order valence-corrected chi connectivity index (χ0v) is 7.06. The lowest BCUT2D eigenvalue weighted by Gasteiger charge is -1.98. The van der Waals surface area contributed by atoms with Gasteiger partial charge in [0.15, 0.2) is 6.19 Å². The molecular weight excluding hydrogens is 166 g/mol. The van der Waals surface area contributed by atoms with E-state index in [1.807, 2.05) is 18.3 Å². The monoisotopic (exact) mass is 173 g/mol. The minimum Gasteiger partial charge on any atom is -0.497 e. The lowest BCUT2D eigenvalue weighted by molar-refractivity contribution is 0.415. The molecule has 0 spiro atoms. The summed E-state index contributed by atoms with van der Waals surface area (Å²) in [5.41, 5.74) is 1.56. The van der Waals surface area contributed by atoms with Crippen LogP contribution in [0.1, 0.15) is 0 Å². The second-order valence-corrected chi connectivity index (χ2v) is 2.57. The number of nitriles is 1. The third-order valence-corrected chi connectivity index (χ3v) is 1.86. The Morgan fingerprint density at radius 2 is 2.38 bits per heavy atom. The Labute approximate surface area is 75.0 Å². The first-order chi connectivity index (χ1) is 6.35. The van der Waals surface area contributed by atoms with E-state index in [1.165, 1.54) is 10.9 Å². The van der Waals surface area contributed by atoms with E-state index in [9.17, 15) is 0 Å². The molecule has 1 aromatic carbocycles. The van der Waals surface area contributed by atoms with Crippen molar-refractivity contribution in [2.45, 2.75) is 0 Å². The second-order valence-electron chi connectivity index (χ2n) is 2.57. The Kier molecular flexibility index (Phi) is 1.64. The van der Waals surface area contributed by atoms with Gasteiger partial charge in [-0.2, -0.15) is 5.26 Å². The molecule has 2 rings (SSSR count). The van der Waals surface area contributed by atoms with Gasteiger partial charge in [0.1, 0.15) is 12.1 Å². The standard InChI is InChI=1S/C9H7N3O/c1-13-7-2-3-8-9(4-7)12(5-10)6-11-8/h2-4,6H,1H3. The van der Waals surface area contributed by atoms with Crippen LogP contribution < -0.4 is 4.74 Å². The highest BCUT2D eigenvalue weighted by atomic mass is 16.5. The molecule has 1 heterocycles. The topological polar surface area (TPSA) is 50.8 Å². The molecule has 0 aliphatic heterocycles. The molecule has 0 aliphatic carbocycles. The number of nitrogens with zero attached hydrogens (tertiary/aromatic N) is 3. The molecular formula is C9H7N3O. The molecule has 0 amide bonds. The third-order valence-electron chi connectivity index (χ3n) is 1.86. The molecule has 0 fully saturated rings. The first kappa shape index (κ1) is 7.62. The molecule has 0 aliphatic rings. The number of imidazole rings is 1. The number of hydrogen-bond donors (Lipinski definition) is 0. The van der Waals surface area contributed by atoms with Crippen LogP contribution in [-0.2, 0) is 0 Å². The van der Waals surface area contributed by atoms with Crippen LogP contribution in [0.4, 0.5) is 0 Å². The fraction of sp³-hybridized carbons (Fsp3) is 0.111. The summed E-state index contributed by atoms with van der Waals surface area (Å²) >= 11 is 0. The van der Waals surface area contributed by atoms with Crippen LogP contribution in [-0.4, -0.2) is 16.7 Å². The fourth-order valence-corrected chi connectivity index (χ4v) is 1.19. The molecule has 0 saturated carbocycles. The number of ether oxygens (including phenoxy) is 1. The van der Waals surface area contributed by atoms with E-state index in [4.69, 9.17) is 10.00 Å². The fourth-order valence-electron chi connectivity index (χ4n) is 1.19. The van der Waals surface area contributed by atoms with E-state index in [0.29, 0.717) is 0 Å². The summed E-state index contributed by atoms with van der Waals surface area (Å²) in [4.78, 5) is 4.05. The van der Waals surface area contributed by atoms with Gasteiger partial charge in [-0.25, -0.2) is 9.55 Å². The molecule has 13 heavy (non-hydrogen) atoms. The van der Waals surface area contributed by atoms with Crippen molar-refractivity contribution < 1.29 is 4.74 Å². The maximum Gasteiger partial charge on any atom is 0.190 e. The molecule has 4 nitrogen and oxygen atoms in total. The van der Waals surface area contributed by atoms with Gasteiger partial charge in [-0.15, -0.1) is 0 Å². The highest BCUT2D eigenvalue weighted by Crippen LogP contribution is 2.18. The molecule has 0 unspecified atom stereocenters. The molecule has 0 atom stereocenters. The predicted molar refractivity (Wildman–Crippen MR) is 47.3 cm³/mol. The molecule has 0 saturated heterocycles. The average Bonchev–Trinajstić information content (AvgIpc) is 2.59. The summed E-state index contributed by atoms with van der Waals surface area (Å²) < 4.78 is 6.44. The van der Waals surface area contributed by atoms with Crippen molar-refractivity contribution in [1.29, 1.82) is 5.26 Å². The van der Waals surface area contributed by atoms with E-state index in [-0.39, 0.29) is 0 Å². The van der Waals surface area contributed by atoms with Crippen LogP contribution in [0, 0.1) is 11.5 Å². The minimum absolute atomic E-state index is 0.726. The molecule has 4 heteroatoms. The van der Waals surface area contributed by atoms with Gasteiger partial charge in [0.05, 0.1) is 18.1 Å². The first-order valence-corrected chi connectivity index (χ1v) is 3.76. The Balaban J connectivity index is 2.73. The van der Waals surface area contributed by atoms with Crippen LogP contribution in [0.5, 0.6) is 5.75 Å². The number of rotatable bonds is 1. The van der Waals surface area contributed by atoms with Gasteiger partial charge in [-0.05, 0) is 12.1 Å².